The van der Waals surface area contributed by atoms with Crippen LogP contribution in [0.15, 0.2) is 24.3 Å². The standard InChI is InChI=1S/C17H27N3/c1-19-12-8-16(9-13-19)18-14-15-6-2-3-7-17(15)20-10-4-5-11-20/h2-3,6-7,16,18H,4-5,8-14H2,1H3. The van der Waals surface area contributed by atoms with E-state index in [1.165, 1.54) is 63.1 Å². The number of piperidine rings is 1. The topological polar surface area (TPSA) is 18.5 Å². The molecular formula is C17H27N3. The van der Waals surface area contributed by atoms with Crippen molar-refractivity contribution in [3.8, 4) is 0 Å². The number of anilines is 1. The first-order valence-electron chi connectivity index (χ1n) is 8.08. The van der Waals surface area contributed by atoms with Crippen molar-refractivity contribution in [1.82, 2.24) is 10.2 Å². The molecule has 1 N–H and O–H groups in total. The lowest BCUT2D eigenvalue weighted by Gasteiger charge is -2.30. The second kappa shape index (κ2) is 6.59. The molecule has 0 aliphatic carbocycles. The van der Waals surface area contributed by atoms with E-state index in [0.29, 0.717) is 6.04 Å². The van der Waals surface area contributed by atoms with E-state index >= 15 is 0 Å². The highest BCUT2D eigenvalue weighted by Gasteiger charge is 2.18. The Morgan fingerprint density at radius 3 is 2.50 bits per heavy atom. The maximum absolute atomic E-state index is 3.77. The molecule has 3 heteroatoms. The van der Waals surface area contributed by atoms with Gasteiger partial charge in [-0.15, -0.1) is 0 Å². The molecule has 2 saturated heterocycles. The fourth-order valence-electron chi connectivity index (χ4n) is 3.39. The van der Waals surface area contributed by atoms with Gasteiger partial charge in [0.2, 0.25) is 0 Å². The van der Waals surface area contributed by atoms with Crippen LogP contribution in [-0.4, -0.2) is 44.2 Å². The first-order chi connectivity index (χ1) is 9.83. The summed E-state index contributed by atoms with van der Waals surface area (Å²) >= 11 is 0. The first-order valence-corrected chi connectivity index (χ1v) is 8.08. The quantitative estimate of drug-likeness (QED) is 0.909. The van der Waals surface area contributed by atoms with E-state index < -0.39 is 0 Å². The third kappa shape index (κ3) is 3.33. The number of hydrogen-bond acceptors (Lipinski definition) is 3. The van der Waals surface area contributed by atoms with E-state index in [-0.39, 0.29) is 0 Å². The van der Waals surface area contributed by atoms with Crippen molar-refractivity contribution in [2.24, 2.45) is 0 Å². The lowest BCUT2D eigenvalue weighted by Crippen LogP contribution is -2.40. The Kier molecular flexibility index (Phi) is 4.58. The van der Waals surface area contributed by atoms with Crippen LogP contribution >= 0.6 is 0 Å². The van der Waals surface area contributed by atoms with Crippen molar-refractivity contribution in [2.75, 3.05) is 38.1 Å². The lowest BCUT2D eigenvalue weighted by molar-refractivity contribution is 0.234. The molecule has 3 rings (SSSR count). The SMILES string of the molecule is CN1CCC(NCc2ccccc2N2CCCC2)CC1. The molecule has 3 nitrogen and oxygen atoms in total. The fourth-order valence-corrected chi connectivity index (χ4v) is 3.39. The van der Waals surface area contributed by atoms with Gasteiger partial charge in [0.15, 0.2) is 0 Å². The Hall–Kier alpha value is -1.06. The molecule has 2 aliphatic heterocycles. The zero-order chi connectivity index (χ0) is 13.8. The van der Waals surface area contributed by atoms with Gasteiger partial charge in [0, 0.05) is 31.4 Å². The van der Waals surface area contributed by atoms with E-state index in [1.54, 1.807) is 0 Å². The molecule has 0 atom stereocenters. The van der Waals surface area contributed by atoms with E-state index in [1.807, 2.05) is 0 Å². The van der Waals surface area contributed by atoms with Gasteiger partial charge in [0.05, 0.1) is 0 Å². The molecule has 0 amide bonds. The summed E-state index contributed by atoms with van der Waals surface area (Å²) in [5.41, 5.74) is 2.92. The van der Waals surface area contributed by atoms with Crippen LogP contribution in [0.3, 0.4) is 0 Å². The molecule has 110 valence electrons. The van der Waals surface area contributed by atoms with Gasteiger partial charge in [-0.1, -0.05) is 18.2 Å². The summed E-state index contributed by atoms with van der Waals surface area (Å²) in [4.78, 5) is 4.97. The fraction of sp³-hybridized carbons (Fsp3) is 0.647. The Balaban J connectivity index is 1.59. The van der Waals surface area contributed by atoms with Crippen molar-refractivity contribution < 1.29 is 0 Å². The van der Waals surface area contributed by atoms with Crippen LogP contribution in [0, 0.1) is 0 Å². The van der Waals surface area contributed by atoms with E-state index in [9.17, 15) is 0 Å². The minimum atomic E-state index is 0.692. The highest BCUT2D eigenvalue weighted by molar-refractivity contribution is 5.54. The van der Waals surface area contributed by atoms with Gasteiger partial charge < -0.3 is 15.1 Å². The number of nitrogens with one attached hydrogen (secondary N) is 1. The zero-order valence-corrected chi connectivity index (χ0v) is 12.6. The summed E-state index contributed by atoms with van der Waals surface area (Å²) in [5.74, 6) is 0. The molecule has 0 radical (unpaired) electrons. The van der Waals surface area contributed by atoms with Crippen LogP contribution in [0.25, 0.3) is 0 Å². The molecule has 2 fully saturated rings. The van der Waals surface area contributed by atoms with E-state index in [4.69, 9.17) is 0 Å². The molecule has 0 aromatic heterocycles. The van der Waals surface area contributed by atoms with Crippen LogP contribution in [-0.2, 0) is 6.54 Å². The zero-order valence-electron chi connectivity index (χ0n) is 12.6. The van der Waals surface area contributed by atoms with Crippen LogP contribution in [0.4, 0.5) is 5.69 Å². The third-order valence-electron chi connectivity index (χ3n) is 4.74. The molecule has 0 spiro atoms. The molecular weight excluding hydrogens is 246 g/mol. The third-order valence-corrected chi connectivity index (χ3v) is 4.74. The maximum atomic E-state index is 3.77. The Labute approximate surface area is 123 Å². The molecule has 2 aliphatic rings. The average Bonchev–Trinajstić information content (AvgIpc) is 3.01. The number of benzene rings is 1. The van der Waals surface area contributed by atoms with Gasteiger partial charge >= 0.3 is 0 Å². The first kappa shape index (κ1) is 13.9. The van der Waals surface area contributed by atoms with Crippen LogP contribution in [0.5, 0.6) is 0 Å². The molecule has 20 heavy (non-hydrogen) atoms. The molecule has 1 aromatic carbocycles. The second-order valence-electron chi connectivity index (χ2n) is 6.28. The second-order valence-corrected chi connectivity index (χ2v) is 6.28. The highest BCUT2D eigenvalue weighted by Crippen LogP contribution is 2.24. The Bertz CT molecular complexity index is 418. The van der Waals surface area contributed by atoms with Crippen molar-refractivity contribution in [3.63, 3.8) is 0 Å². The number of likely N-dealkylation sites (tertiary alicyclic amines) is 1. The highest BCUT2D eigenvalue weighted by atomic mass is 15.1. The van der Waals surface area contributed by atoms with Crippen LogP contribution < -0.4 is 10.2 Å². The van der Waals surface area contributed by atoms with Crippen LogP contribution in [0.2, 0.25) is 0 Å². The summed E-state index contributed by atoms with van der Waals surface area (Å²) in [7, 11) is 2.22. The maximum Gasteiger partial charge on any atom is 0.0411 e. The number of nitrogens with zero attached hydrogens (tertiary/aromatic N) is 2. The van der Waals surface area contributed by atoms with Gasteiger partial charge in [-0.25, -0.2) is 0 Å². The largest absolute Gasteiger partial charge is 0.371 e. The van der Waals surface area contributed by atoms with E-state index in [2.05, 4.69) is 46.4 Å². The molecule has 0 bridgehead atoms. The monoisotopic (exact) mass is 273 g/mol. The Morgan fingerprint density at radius 1 is 1.05 bits per heavy atom. The number of para-hydroxylation sites is 1. The lowest BCUT2D eigenvalue weighted by atomic mass is 10.0. The predicted molar refractivity (Wildman–Crippen MR) is 85.2 cm³/mol. The van der Waals surface area contributed by atoms with Crippen molar-refractivity contribution in [1.29, 1.82) is 0 Å². The molecule has 1 aromatic rings. The van der Waals surface area contributed by atoms with Gasteiger partial charge in [-0.2, -0.15) is 0 Å². The van der Waals surface area contributed by atoms with Gasteiger partial charge in [0.1, 0.15) is 0 Å². The molecule has 0 unspecified atom stereocenters. The number of hydrogen-bond donors (Lipinski definition) is 1. The smallest absolute Gasteiger partial charge is 0.0411 e. The predicted octanol–water partition coefficient (Wildman–Crippen LogP) is 2.47. The summed E-state index contributed by atoms with van der Waals surface area (Å²) in [5, 5.41) is 3.77. The van der Waals surface area contributed by atoms with Gasteiger partial charge in [0.25, 0.3) is 0 Å². The van der Waals surface area contributed by atoms with Crippen molar-refractivity contribution in [2.45, 2.75) is 38.3 Å². The molecule has 2 heterocycles. The Morgan fingerprint density at radius 2 is 1.75 bits per heavy atom. The minimum absolute atomic E-state index is 0.692. The summed E-state index contributed by atoms with van der Waals surface area (Å²) in [6.45, 7) is 5.93. The van der Waals surface area contributed by atoms with Crippen molar-refractivity contribution >= 4 is 5.69 Å². The van der Waals surface area contributed by atoms with Gasteiger partial charge in [-0.05, 0) is 57.5 Å². The van der Waals surface area contributed by atoms with Crippen molar-refractivity contribution in [3.05, 3.63) is 29.8 Å². The average molecular weight is 273 g/mol. The number of rotatable bonds is 4. The minimum Gasteiger partial charge on any atom is -0.371 e. The normalized spacial score (nSPS) is 21.6. The summed E-state index contributed by atoms with van der Waals surface area (Å²) in [6, 6.07) is 9.61. The van der Waals surface area contributed by atoms with Crippen LogP contribution in [0.1, 0.15) is 31.2 Å². The molecule has 0 saturated carbocycles. The van der Waals surface area contributed by atoms with Gasteiger partial charge in [-0.3, -0.25) is 0 Å². The summed E-state index contributed by atoms with van der Waals surface area (Å²) in [6.07, 6.45) is 5.25. The summed E-state index contributed by atoms with van der Waals surface area (Å²) < 4.78 is 0. The van der Waals surface area contributed by atoms with E-state index in [0.717, 1.165) is 6.54 Å².